The zero-order valence-corrected chi connectivity index (χ0v) is 11.1. The van der Waals surface area contributed by atoms with E-state index in [-0.39, 0.29) is 6.09 Å². The van der Waals surface area contributed by atoms with Crippen LogP contribution in [0.25, 0.3) is 0 Å². The molecule has 6 heteroatoms. The van der Waals surface area contributed by atoms with Gasteiger partial charge in [-0.3, -0.25) is 0 Å². The van der Waals surface area contributed by atoms with Crippen LogP contribution in [0.15, 0.2) is 30.3 Å². The molecule has 1 aliphatic rings. The van der Waals surface area contributed by atoms with Crippen LogP contribution in [0.1, 0.15) is 32.1 Å². The molecule has 0 aromatic heterocycles. The van der Waals surface area contributed by atoms with E-state index in [4.69, 9.17) is 19.7 Å². The van der Waals surface area contributed by atoms with Gasteiger partial charge in [0.15, 0.2) is 0 Å². The Morgan fingerprint density at radius 2 is 1.60 bits per heavy atom. The highest BCUT2D eigenvalue weighted by atomic mass is 16.6. The number of rotatable bonds is 2. The summed E-state index contributed by atoms with van der Waals surface area (Å²) in [6.45, 7) is 0. The molecule has 0 aliphatic heterocycles. The van der Waals surface area contributed by atoms with Gasteiger partial charge in [0.05, 0.1) is 0 Å². The van der Waals surface area contributed by atoms with Gasteiger partial charge in [-0.15, -0.1) is 0 Å². The van der Waals surface area contributed by atoms with Crippen molar-refractivity contribution >= 4 is 12.2 Å². The Hall–Kier alpha value is -2.24. The summed E-state index contributed by atoms with van der Waals surface area (Å²) in [6.07, 6.45) is 3.67. The Balaban J connectivity index is 0.000000444. The molecule has 0 spiro atoms. The van der Waals surface area contributed by atoms with Gasteiger partial charge in [-0.05, 0) is 25.0 Å². The number of para-hydroxylation sites is 1. The van der Waals surface area contributed by atoms with E-state index in [1.807, 2.05) is 18.2 Å². The fraction of sp³-hybridized carbons (Fsp3) is 0.429. The van der Waals surface area contributed by atoms with E-state index in [1.165, 1.54) is 19.3 Å². The van der Waals surface area contributed by atoms with Crippen molar-refractivity contribution in [3.63, 3.8) is 0 Å². The molecule has 2 rings (SSSR count). The number of nitrogens with one attached hydrogen (secondary N) is 1. The van der Waals surface area contributed by atoms with Crippen LogP contribution in [-0.2, 0) is 0 Å². The molecule has 6 nitrogen and oxygen atoms in total. The molecule has 110 valence electrons. The van der Waals surface area contributed by atoms with Crippen LogP contribution in [0.3, 0.4) is 0 Å². The third-order valence-electron chi connectivity index (χ3n) is 2.88. The lowest BCUT2D eigenvalue weighted by Gasteiger charge is -2.22. The van der Waals surface area contributed by atoms with Crippen molar-refractivity contribution in [2.75, 3.05) is 0 Å². The first-order valence-electron chi connectivity index (χ1n) is 6.53. The van der Waals surface area contributed by atoms with Gasteiger partial charge in [0, 0.05) is 6.04 Å². The minimum atomic E-state index is -1.83. The van der Waals surface area contributed by atoms with Crippen LogP contribution >= 0.6 is 0 Å². The lowest BCUT2D eigenvalue weighted by atomic mass is 9.96. The summed E-state index contributed by atoms with van der Waals surface area (Å²) >= 11 is 0. The van der Waals surface area contributed by atoms with E-state index in [1.54, 1.807) is 12.1 Å². The third kappa shape index (κ3) is 7.25. The van der Waals surface area contributed by atoms with E-state index in [2.05, 4.69) is 5.32 Å². The van der Waals surface area contributed by atoms with Crippen LogP contribution in [0.4, 0.5) is 9.59 Å². The first-order chi connectivity index (χ1) is 9.58. The Kier molecular flexibility index (Phi) is 6.95. The number of carboxylic acid groups (broad SMARTS) is 2. The number of benzene rings is 1. The highest BCUT2D eigenvalue weighted by molar-refractivity contribution is 5.70. The van der Waals surface area contributed by atoms with E-state index in [0.29, 0.717) is 11.8 Å². The van der Waals surface area contributed by atoms with E-state index >= 15 is 0 Å². The normalized spacial score (nSPS) is 14.6. The van der Waals surface area contributed by atoms with E-state index in [9.17, 15) is 4.79 Å². The molecule has 0 unspecified atom stereocenters. The zero-order chi connectivity index (χ0) is 14.8. The lowest BCUT2D eigenvalue weighted by Crippen LogP contribution is -2.37. The number of hydrogen-bond acceptors (Lipinski definition) is 3. The van der Waals surface area contributed by atoms with Crippen molar-refractivity contribution in [3.05, 3.63) is 30.3 Å². The molecule has 1 saturated carbocycles. The molecule has 0 saturated heterocycles. The fourth-order valence-corrected chi connectivity index (χ4v) is 2.04. The van der Waals surface area contributed by atoms with Crippen molar-refractivity contribution in [1.82, 2.24) is 5.32 Å². The monoisotopic (exact) mass is 281 g/mol. The fourth-order valence-electron chi connectivity index (χ4n) is 2.04. The largest absolute Gasteiger partial charge is 0.503 e. The second-order valence-corrected chi connectivity index (χ2v) is 4.46. The third-order valence-corrected chi connectivity index (χ3v) is 2.88. The van der Waals surface area contributed by atoms with Crippen LogP contribution in [0.5, 0.6) is 5.75 Å². The van der Waals surface area contributed by atoms with Crippen molar-refractivity contribution in [2.24, 2.45) is 0 Å². The van der Waals surface area contributed by atoms with Crippen LogP contribution in [0.2, 0.25) is 0 Å². The number of carbonyl (C=O) groups is 2. The highest BCUT2D eigenvalue weighted by Gasteiger charge is 2.16. The molecule has 20 heavy (non-hydrogen) atoms. The average Bonchev–Trinajstić information content (AvgIpc) is 2.40. The Bertz CT molecular complexity index is 411. The van der Waals surface area contributed by atoms with Crippen LogP contribution in [0, 0.1) is 0 Å². The molecule has 0 atom stereocenters. The summed E-state index contributed by atoms with van der Waals surface area (Å²) in [6, 6.07) is 9.45. The van der Waals surface area contributed by atoms with Crippen molar-refractivity contribution in [1.29, 1.82) is 0 Å². The number of hydrogen-bond donors (Lipinski definition) is 3. The van der Waals surface area contributed by atoms with Crippen LogP contribution < -0.4 is 10.1 Å². The SMILES string of the molecule is O=C(NC1CCCCC1)Oc1ccccc1.O=C(O)O. The standard InChI is InChI=1S/C13H17NO2.CH2O3/c15-13(14-11-7-3-1-4-8-11)16-12-9-5-2-6-10-12;2-1(3)4/h2,5-6,9-11H,1,3-4,7-8H2,(H,14,15);(H2,2,3,4). The predicted octanol–water partition coefficient (Wildman–Crippen LogP) is 3.33. The molecular weight excluding hydrogens is 262 g/mol. The first kappa shape index (κ1) is 15.8. The number of ether oxygens (including phenoxy) is 1. The van der Waals surface area contributed by atoms with Crippen molar-refractivity contribution < 1.29 is 24.5 Å². The molecule has 1 fully saturated rings. The molecule has 1 aliphatic carbocycles. The minimum absolute atomic E-state index is 0.296. The lowest BCUT2D eigenvalue weighted by molar-refractivity contribution is 0.137. The molecule has 1 amide bonds. The van der Waals surface area contributed by atoms with Gasteiger partial charge in [0.25, 0.3) is 0 Å². The van der Waals surface area contributed by atoms with Crippen LogP contribution in [-0.4, -0.2) is 28.5 Å². The summed E-state index contributed by atoms with van der Waals surface area (Å²) in [7, 11) is 0. The Labute approximate surface area is 117 Å². The van der Waals surface area contributed by atoms with Crippen molar-refractivity contribution in [2.45, 2.75) is 38.1 Å². The molecule has 3 N–H and O–H groups in total. The molecular formula is C14H19NO5. The van der Waals surface area contributed by atoms with E-state index in [0.717, 1.165) is 12.8 Å². The van der Waals surface area contributed by atoms with Crippen molar-refractivity contribution in [3.8, 4) is 5.75 Å². The van der Waals surface area contributed by atoms with E-state index < -0.39 is 6.16 Å². The summed E-state index contributed by atoms with van der Waals surface area (Å²) < 4.78 is 5.17. The van der Waals surface area contributed by atoms with Gasteiger partial charge in [0.2, 0.25) is 0 Å². The quantitative estimate of drug-likeness (QED) is 0.772. The molecule has 1 aromatic rings. The van der Waals surface area contributed by atoms with Gasteiger partial charge in [-0.2, -0.15) is 0 Å². The minimum Gasteiger partial charge on any atom is -0.450 e. The molecule has 0 radical (unpaired) electrons. The smallest absolute Gasteiger partial charge is 0.450 e. The topological polar surface area (TPSA) is 95.9 Å². The maximum Gasteiger partial charge on any atom is 0.503 e. The number of carbonyl (C=O) groups excluding carboxylic acids is 1. The maximum absolute atomic E-state index is 11.5. The van der Waals surface area contributed by atoms with Gasteiger partial charge < -0.3 is 20.3 Å². The molecule has 1 aromatic carbocycles. The summed E-state index contributed by atoms with van der Waals surface area (Å²) in [4.78, 5) is 20.1. The summed E-state index contributed by atoms with van der Waals surface area (Å²) in [5.74, 6) is 0.593. The van der Waals surface area contributed by atoms with Gasteiger partial charge in [0.1, 0.15) is 5.75 Å². The summed E-state index contributed by atoms with van der Waals surface area (Å²) in [5, 5.41) is 16.9. The average molecular weight is 281 g/mol. The second kappa shape index (κ2) is 8.79. The second-order valence-electron chi connectivity index (χ2n) is 4.46. The Morgan fingerprint density at radius 1 is 1.05 bits per heavy atom. The van der Waals surface area contributed by atoms with Gasteiger partial charge in [-0.1, -0.05) is 37.5 Å². The Morgan fingerprint density at radius 3 is 2.15 bits per heavy atom. The maximum atomic E-state index is 11.5. The molecule has 0 bridgehead atoms. The number of amides is 1. The van der Waals surface area contributed by atoms with Gasteiger partial charge >= 0.3 is 12.2 Å². The van der Waals surface area contributed by atoms with Gasteiger partial charge in [-0.25, -0.2) is 9.59 Å². The highest BCUT2D eigenvalue weighted by Crippen LogP contribution is 2.17. The summed E-state index contributed by atoms with van der Waals surface area (Å²) in [5.41, 5.74) is 0. The predicted molar refractivity (Wildman–Crippen MR) is 73.1 cm³/mol. The first-order valence-corrected chi connectivity index (χ1v) is 6.53. The molecule has 0 heterocycles. The zero-order valence-electron chi connectivity index (χ0n) is 11.1.